The minimum absolute atomic E-state index is 0.124. The van der Waals surface area contributed by atoms with Crippen LogP contribution in [0, 0.1) is 0 Å². The summed E-state index contributed by atoms with van der Waals surface area (Å²) in [5.41, 5.74) is 3.16. The van der Waals surface area contributed by atoms with Crippen molar-refractivity contribution < 1.29 is 13.5 Å². The summed E-state index contributed by atoms with van der Waals surface area (Å²) in [7, 11) is 0. The predicted octanol–water partition coefficient (Wildman–Crippen LogP) is 6.77. The van der Waals surface area contributed by atoms with Gasteiger partial charge < -0.3 is 9.30 Å². The molecule has 0 fully saturated rings. The Morgan fingerprint density at radius 2 is 2.04 bits per heavy atom. The molecule has 1 atom stereocenters. The number of alkyl halides is 2. The monoisotopic (exact) mass is 446 g/mol. The number of hydrogen-bond donors (Lipinski definition) is 0. The highest BCUT2D eigenvalue weighted by atomic mass is 79.9. The van der Waals surface area contributed by atoms with Crippen LogP contribution in [0.25, 0.3) is 17.1 Å². The molecule has 0 amide bonds. The molecule has 0 aliphatic carbocycles. The summed E-state index contributed by atoms with van der Waals surface area (Å²) in [4.78, 5) is 4.79. The molecular weight excluding hydrogens is 426 g/mol. The topological polar surface area (TPSA) is 27.1 Å². The first-order valence-corrected chi connectivity index (χ1v) is 9.69. The van der Waals surface area contributed by atoms with Crippen molar-refractivity contribution in [2.45, 2.75) is 32.4 Å². The van der Waals surface area contributed by atoms with E-state index in [2.05, 4.69) is 40.6 Å². The van der Waals surface area contributed by atoms with Gasteiger partial charge in [0, 0.05) is 16.0 Å². The lowest BCUT2D eigenvalue weighted by atomic mass is 10.0. The van der Waals surface area contributed by atoms with Gasteiger partial charge in [-0.3, -0.25) is 0 Å². The van der Waals surface area contributed by atoms with E-state index in [0.29, 0.717) is 12.1 Å². The lowest BCUT2D eigenvalue weighted by Crippen LogP contribution is -2.12. The number of hydrogen-bond acceptors (Lipinski definition) is 2. The van der Waals surface area contributed by atoms with Crippen LogP contribution in [0.15, 0.2) is 60.1 Å². The highest BCUT2D eigenvalue weighted by Crippen LogP contribution is 2.31. The normalized spacial score (nSPS) is 12.3. The zero-order valence-electron chi connectivity index (χ0n) is 15.5. The van der Waals surface area contributed by atoms with E-state index >= 15 is 0 Å². The molecule has 146 valence electrons. The molecule has 3 aromatic rings. The third-order valence-electron chi connectivity index (χ3n) is 4.62. The van der Waals surface area contributed by atoms with Crippen LogP contribution in [0.2, 0.25) is 0 Å². The third kappa shape index (κ3) is 4.17. The smallest absolute Gasteiger partial charge is 0.387 e. The molecule has 1 aromatic heterocycles. The van der Waals surface area contributed by atoms with Crippen LogP contribution < -0.4 is 4.74 Å². The van der Waals surface area contributed by atoms with Gasteiger partial charge in [0.1, 0.15) is 11.6 Å². The van der Waals surface area contributed by atoms with Crippen molar-refractivity contribution in [1.82, 2.24) is 9.55 Å². The van der Waals surface area contributed by atoms with Gasteiger partial charge in [0.15, 0.2) is 0 Å². The van der Waals surface area contributed by atoms with Gasteiger partial charge in [-0.05, 0) is 36.2 Å². The summed E-state index contributed by atoms with van der Waals surface area (Å²) >= 11 is 3.51. The van der Waals surface area contributed by atoms with Gasteiger partial charge in [0.25, 0.3) is 0 Å². The molecule has 1 heterocycles. The van der Waals surface area contributed by atoms with Gasteiger partial charge in [-0.25, -0.2) is 4.98 Å². The summed E-state index contributed by atoms with van der Waals surface area (Å²) in [5, 5.41) is 0. The minimum Gasteiger partial charge on any atom is -0.434 e. The number of ether oxygens (including phenoxy) is 1. The maximum Gasteiger partial charge on any atom is 0.387 e. The van der Waals surface area contributed by atoms with Gasteiger partial charge >= 0.3 is 6.61 Å². The minimum atomic E-state index is -2.90. The average molecular weight is 447 g/mol. The molecule has 28 heavy (non-hydrogen) atoms. The molecule has 0 aliphatic rings. The fraction of sp³-hybridized carbons (Fsp3) is 0.227. The largest absolute Gasteiger partial charge is 0.434 e. The number of nitrogens with zero attached hydrogens (tertiary/aromatic N) is 2. The van der Waals surface area contributed by atoms with Crippen LogP contribution in [-0.2, 0) is 6.54 Å². The number of aromatic nitrogens is 2. The molecular formula is C22H21BrF2N2O. The molecule has 0 N–H and O–H groups in total. The quantitative estimate of drug-likeness (QED) is 0.357. The van der Waals surface area contributed by atoms with Crippen molar-refractivity contribution in [2.75, 3.05) is 0 Å². The third-order valence-corrected chi connectivity index (χ3v) is 5.12. The number of rotatable bonds is 8. The molecule has 3 nitrogen and oxygen atoms in total. The molecule has 0 saturated heterocycles. The van der Waals surface area contributed by atoms with Crippen molar-refractivity contribution >= 4 is 33.0 Å². The van der Waals surface area contributed by atoms with Crippen molar-refractivity contribution in [3.8, 4) is 5.75 Å². The van der Waals surface area contributed by atoms with Crippen molar-refractivity contribution in [3.63, 3.8) is 0 Å². The van der Waals surface area contributed by atoms with E-state index in [-0.39, 0.29) is 11.7 Å². The summed E-state index contributed by atoms with van der Waals surface area (Å²) in [6, 6.07) is 10.9. The summed E-state index contributed by atoms with van der Waals surface area (Å²) in [6.45, 7) is 7.16. The highest BCUT2D eigenvalue weighted by Gasteiger charge is 2.20. The van der Waals surface area contributed by atoms with Crippen molar-refractivity contribution in [3.05, 3.63) is 77.1 Å². The molecule has 0 aliphatic heterocycles. The lowest BCUT2D eigenvalue weighted by Gasteiger charge is -2.18. The van der Waals surface area contributed by atoms with Crippen LogP contribution in [0.4, 0.5) is 8.78 Å². The van der Waals surface area contributed by atoms with E-state index < -0.39 is 6.61 Å². The van der Waals surface area contributed by atoms with Crippen LogP contribution in [-0.4, -0.2) is 16.2 Å². The van der Waals surface area contributed by atoms with E-state index in [1.54, 1.807) is 18.2 Å². The SMILES string of the molecule is C=CCC(C)c1nc2ccc(Br)cc2n1Cc1c(C=C)cccc1OC(F)F. The van der Waals surface area contributed by atoms with Crippen LogP contribution in [0.1, 0.15) is 36.2 Å². The molecule has 0 radical (unpaired) electrons. The van der Waals surface area contributed by atoms with E-state index in [0.717, 1.165) is 33.3 Å². The fourth-order valence-electron chi connectivity index (χ4n) is 3.32. The number of halogens is 3. The Morgan fingerprint density at radius 3 is 2.71 bits per heavy atom. The number of fused-ring (bicyclic) bond motifs is 1. The number of allylic oxidation sites excluding steroid dienone is 1. The van der Waals surface area contributed by atoms with Crippen molar-refractivity contribution in [2.24, 2.45) is 0 Å². The number of imidazole rings is 1. The van der Waals surface area contributed by atoms with Crippen molar-refractivity contribution in [1.29, 1.82) is 0 Å². The van der Waals surface area contributed by atoms with Gasteiger partial charge in [-0.1, -0.05) is 53.7 Å². The zero-order chi connectivity index (χ0) is 20.3. The van der Waals surface area contributed by atoms with Crippen LogP contribution in [0.3, 0.4) is 0 Å². The van der Waals surface area contributed by atoms with E-state index in [4.69, 9.17) is 9.72 Å². The Hall–Kier alpha value is -2.47. The van der Waals surface area contributed by atoms with E-state index in [1.807, 2.05) is 30.3 Å². The van der Waals surface area contributed by atoms with Crippen LogP contribution >= 0.6 is 15.9 Å². The Labute approximate surface area is 171 Å². The second-order valence-corrected chi connectivity index (χ2v) is 7.44. The summed E-state index contributed by atoms with van der Waals surface area (Å²) in [6.07, 6.45) is 4.26. The molecule has 0 bridgehead atoms. The zero-order valence-corrected chi connectivity index (χ0v) is 17.1. The van der Waals surface area contributed by atoms with E-state index in [9.17, 15) is 8.78 Å². The Kier molecular flexibility index (Phi) is 6.29. The van der Waals surface area contributed by atoms with Crippen LogP contribution in [0.5, 0.6) is 5.75 Å². The standard InChI is InChI=1S/C22H21BrF2N2O/c1-4-7-14(3)21-26-18-11-10-16(23)12-19(18)27(21)13-17-15(5-2)8-6-9-20(17)28-22(24)25/h4-6,8-12,14,22H,1-2,7,13H2,3H3. The maximum absolute atomic E-state index is 12.9. The molecule has 3 rings (SSSR count). The first-order chi connectivity index (χ1) is 13.4. The summed E-state index contributed by atoms with van der Waals surface area (Å²) in [5.74, 6) is 1.14. The molecule has 0 spiro atoms. The summed E-state index contributed by atoms with van der Waals surface area (Å²) < 4.78 is 33.6. The maximum atomic E-state index is 12.9. The van der Waals surface area contributed by atoms with E-state index in [1.165, 1.54) is 0 Å². The Bertz CT molecular complexity index is 1010. The van der Waals surface area contributed by atoms with Gasteiger partial charge in [0.05, 0.1) is 17.6 Å². The second kappa shape index (κ2) is 8.69. The highest BCUT2D eigenvalue weighted by molar-refractivity contribution is 9.10. The molecule has 1 unspecified atom stereocenters. The number of benzene rings is 2. The first kappa shape index (κ1) is 20.3. The first-order valence-electron chi connectivity index (χ1n) is 8.90. The molecule has 6 heteroatoms. The lowest BCUT2D eigenvalue weighted by molar-refractivity contribution is -0.0504. The second-order valence-electron chi connectivity index (χ2n) is 6.52. The average Bonchev–Trinajstić information content (AvgIpc) is 3.00. The molecule has 2 aromatic carbocycles. The van der Waals surface area contributed by atoms with Gasteiger partial charge in [-0.2, -0.15) is 8.78 Å². The molecule has 0 saturated carbocycles. The fourth-order valence-corrected chi connectivity index (χ4v) is 3.67. The van der Waals surface area contributed by atoms with Gasteiger partial charge in [0.2, 0.25) is 0 Å². The Balaban J connectivity index is 2.19. The Morgan fingerprint density at radius 1 is 1.25 bits per heavy atom. The predicted molar refractivity (Wildman–Crippen MR) is 113 cm³/mol. The van der Waals surface area contributed by atoms with Gasteiger partial charge in [-0.15, -0.1) is 6.58 Å².